The molecule has 0 saturated carbocycles. The molecule has 2 N–H and O–H groups in total. The number of nitrogens with one attached hydrogen (secondary N) is 2. The maximum Gasteiger partial charge on any atom is 0.343 e. The van der Waals surface area contributed by atoms with Gasteiger partial charge in [-0.05, 0) is 25.0 Å². The Balaban J connectivity index is 2.01. The van der Waals surface area contributed by atoms with Crippen LogP contribution in [0, 0.1) is 0 Å². The molecule has 6 nitrogen and oxygen atoms in total. The molecule has 21 heavy (non-hydrogen) atoms. The van der Waals surface area contributed by atoms with Crippen LogP contribution in [0.5, 0.6) is 0 Å². The second-order valence-electron chi connectivity index (χ2n) is 4.69. The van der Waals surface area contributed by atoms with E-state index in [1.807, 2.05) is 25.1 Å². The van der Waals surface area contributed by atoms with Crippen LogP contribution in [0.1, 0.15) is 32.4 Å². The lowest BCUT2D eigenvalue weighted by molar-refractivity contribution is 0.603. The molecule has 0 aliphatic heterocycles. The van der Waals surface area contributed by atoms with Crippen molar-refractivity contribution in [2.24, 2.45) is 0 Å². The molecule has 2 rings (SSSR count). The first-order valence-electron chi connectivity index (χ1n) is 7.22. The third-order valence-electron chi connectivity index (χ3n) is 2.88. The van der Waals surface area contributed by atoms with Crippen molar-refractivity contribution in [1.82, 2.24) is 19.7 Å². The van der Waals surface area contributed by atoms with E-state index in [9.17, 15) is 4.79 Å². The lowest BCUT2D eigenvalue weighted by atomic mass is 10.3. The minimum atomic E-state index is -0.148. The van der Waals surface area contributed by atoms with Gasteiger partial charge in [0, 0.05) is 18.8 Å². The van der Waals surface area contributed by atoms with E-state index in [0.717, 1.165) is 36.1 Å². The van der Waals surface area contributed by atoms with E-state index in [4.69, 9.17) is 0 Å². The third-order valence-corrected chi connectivity index (χ3v) is 3.89. The molecule has 0 saturated heterocycles. The number of pyridine rings is 1. The molecular weight excluding hydrogens is 286 g/mol. The topological polar surface area (TPSA) is 75.6 Å². The van der Waals surface area contributed by atoms with Crippen LogP contribution in [0.3, 0.4) is 0 Å². The highest BCUT2D eigenvalue weighted by Gasteiger charge is 2.08. The predicted molar refractivity (Wildman–Crippen MR) is 85.7 cm³/mol. The maximum absolute atomic E-state index is 11.6. The molecule has 0 aromatic carbocycles. The van der Waals surface area contributed by atoms with Crippen LogP contribution in [0.2, 0.25) is 0 Å². The summed E-state index contributed by atoms with van der Waals surface area (Å²) in [6, 6.07) is 5.94. The Kier molecular flexibility index (Phi) is 5.86. The fraction of sp³-hybridized carbons (Fsp3) is 0.500. The van der Waals surface area contributed by atoms with Gasteiger partial charge in [0.15, 0.2) is 5.16 Å². The zero-order valence-electron chi connectivity index (χ0n) is 12.4. The Morgan fingerprint density at radius 3 is 2.95 bits per heavy atom. The van der Waals surface area contributed by atoms with Crippen molar-refractivity contribution in [3.05, 3.63) is 34.4 Å². The monoisotopic (exact) mass is 307 g/mol. The van der Waals surface area contributed by atoms with Gasteiger partial charge in [0.05, 0.1) is 5.69 Å². The van der Waals surface area contributed by atoms with E-state index < -0.39 is 0 Å². The smallest absolute Gasteiger partial charge is 0.343 e. The van der Waals surface area contributed by atoms with Gasteiger partial charge >= 0.3 is 5.69 Å². The SMILES string of the molecule is CCCNc1cccc(CSc2n[nH]c(=O)n2CCC)n1. The molecule has 114 valence electrons. The van der Waals surface area contributed by atoms with E-state index in [-0.39, 0.29) is 5.69 Å². The minimum absolute atomic E-state index is 0.148. The quantitative estimate of drug-likeness (QED) is 0.733. The van der Waals surface area contributed by atoms with Crippen LogP contribution in [0.25, 0.3) is 0 Å². The number of rotatable bonds is 8. The van der Waals surface area contributed by atoms with Gasteiger partial charge < -0.3 is 5.32 Å². The highest BCUT2D eigenvalue weighted by Crippen LogP contribution is 2.19. The van der Waals surface area contributed by atoms with Crippen LogP contribution < -0.4 is 11.0 Å². The Hall–Kier alpha value is -1.76. The molecule has 0 bridgehead atoms. The number of hydrogen-bond acceptors (Lipinski definition) is 5. The number of hydrogen-bond donors (Lipinski definition) is 2. The summed E-state index contributed by atoms with van der Waals surface area (Å²) in [5.41, 5.74) is 0.824. The van der Waals surface area contributed by atoms with Gasteiger partial charge in [0.1, 0.15) is 5.82 Å². The Morgan fingerprint density at radius 2 is 2.19 bits per heavy atom. The van der Waals surface area contributed by atoms with Crippen molar-refractivity contribution in [3.63, 3.8) is 0 Å². The van der Waals surface area contributed by atoms with E-state index >= 15 is 0 Å². The summed E-state index contributed by atoms with van der Waals surface area (Å²) in [6.07, 6.45) is 1.97. The summed E-state index contributed by atoms with van der Waals surface area (Å²) in [6.45, 7) is 5.76. The molecule has 0 spiro atoms. The number of anilines is 1. The summed E-state index contributed by atoms with van der Waals surface area (Å²) < 4.78 is 1.67. The molecule has 7 heteroatoms. The Morgan fingerprint density at radius 1 is 1.33 bits per heavy atom. The molecule has 0 fully saturated rings. The molecular formula is C14H21N5OS. The summed E-state index contributed by atoms with van der Waals surface area (Å²) in [7, 11) is 0. The second kappa shape index (κ2) is 7.87. The van der Waals surface area contributed by atoms with Crippen molar-refractivity contribution in [2.75, 3.05) is 11.9 Å². The highest BCUT2D eigenvalue weighted by atomic mass is 32.2. The molecule has 0 amide bonds. The number of aromatic amines is 1. The lowest BCUT2D eigenvalue weighted by Crippen LogP contribution is -2.17. The van der Waals surface area contributed by atoms with Gasteiger partial charge in [-0.1, -0.05) is 31.7 Å². The Bertz CT molecular complexity index is 622. The molecule has 0 aliphatic rings. The van der Waals surface area contributed by atoms with Gasteiger partial charge in [-0.2, -0.15) is 0 Å². The minimum Gasteiger partial charge on any atom is -0.370 e. The van der Waals surface area contributed by atoms with Gasteiger partial charge in [-0.15, -0.1) is 5.10 Å². The number of aromatic nitrogens is 4. The zero-order valence-corrected chi connectivity index (χ0v) is 13.2. The standard InChI is InChI=1S/C14H21N5OS/c1-3-8-15-12-7-5-6-11(16-12)10-21-14-18-17-13(20)19(14)9-4-2/h5-7H,3-4,8-10H2,1-2H3,(H,15,16)(H,17,20). The van der Waals surface area contributed by atoms with Crippen molar-refractivity contribution >= 4 is 17.6 Å². The fourth-order valence-electron chi connectivity index (χ4n) is 1.88. The van der Waals surface area contributed by atoms with E-state index in [1.54, 1.807) is 4.57 Å². The lowest BCUT2D eigenvalue weighted by Gasteiger charge is -2.06. The van der Waals surface area contributed by atoms with E-state index in [0.29, 0.717) is 12.3 Å². The first kappa shape index (κ1) is 15.6. The van der Waals surface area contributed by atoms with E-state index in [1.165, 1.54) is 11.8 Å². The van der Waals surface area contributed by atoms with Crippen molar-refractivity contribution in [3.8, 4) is 0 Å². The van der Waals surface area contributed by atoms with Crippen molar-refractivity contribution in [2.45, 2.75) is 44.1 Å². The van der Waals surface area contributed by atoms with Gasteiger partial charge in [-0.25, -0.2) is 14.9 Å². The zero-order chi connectivity index (χ0) is 15.1. The average molecular weight is 307 g/mol. The molecule has 2 heterocycles. The second-order valence-corrected chi connectivity index (χ2v) is 5.64. The predicted octanol–water partition coefficient (Wildman–Crippen LogP) is 2.49. The molecule has 2 aromatic heterocycles. The molecule has 0 radical (unpaired) electrons. The van der Waals surface area contributed by atoms with Gasteiger partial charge in [0.25, 0.3) is 0 Å². The number of H-pyrrole nitrogens is 1. The highest BCUT2D eigenvalue weighted by molar-refractivity contribution is 7.98. The summed E-state index contributed by atoms with van der Waals surface area (Å²) in [5.74, 6) is 1.58. The van der Waals surface area contributed by atoms with Crippen LogP contribution in [-0.4, -0.2) is 26.3 Å². The summed E-state index contributed by atoms with van der Waals surface area (Å²) in [5, 5.41) is 10.6. The average Bonchev–Trinajstić information content (AvgIpc) is 2.85. The third kappa shape index (κ3) is 4.35. The number of thioether (sulfide) groups is 1. The van der Waals surface area contributed by atoms with E-state index in [2.05, 4.69) is 27.4 Å². The van der Waals surface area contributed by atoms with Gasteiger partial charge in [-0.3, -0.25) is 4.57 Å². The van der Waals surface area contributed by atoms with Crippen LogP contribution in [-0.2, 0) is 12.3 Å². The molecule has 2 aromatic rings. The molecule has 0 unspecified atom stereocenters. The summed E-state index contributed by atoms with van der Waals surface area (Å²) in [4.78, 5) is 16.2. The number of nitrogens with zero attached hydrogens (tertiary/aromatic N) is 3. The van der Waals surface area contributed by atoms with Crippen molar-refractivity contribution < 1.29 is 0 Å². The normalized spacial score (nSPS) is 10.8. The first-order valence-corrected chi connectivity index (χ1v) is 8.21. The van der Waals surface area contributed by atoms with Crippen molar-refractivity contribution in [1.29, 1.82) is 0 Å². The Labute approximate surface area is 128 Å². The van der Waals surface area contributed by atoms with Crippen LogP contribution >= 0.6 is 11.8 Å². The van der Waals surface area contributed by atoms with Gasteiger partial charge in [0.2, 0.25) is 0 Å². The molecule has 0 atom stereocenters. The summed E-state index contributed by atoms with van der Waals surface area (Å²) >= 11 is 1.52. The maximum atomic E-state index is 11.6. The largest absolute Gasteiger partial charge is 0.370 e. The van der Waals surface area contributed by atoms with Crippen LogP contribution in [0.15, 0.2) is 28.2 Å². The van der Waals surface area contributed by atoms with Crippen LogP contribution in [0.4, 0.5) is 5.82 Å². The first-order chi connectivity index (χ1) is 10.2. The fourth-order valence-corrected chi connectivity index (χ4v) is 2.76. The molecule has 0 aliphatic carbocycles.